The first-order chi connectivity index (χ1) is 8.34. The summed E-state index contributed by atoms with van der Waals surface area (Å²) < 4.78 is 0. The molecule has 0 spiro atoms. The molecule has 0 heterocycles. The van der Waals surface area contributed by atoms with Crippen molar-refractivity contribution < 1.29 is 0 Å². The second-order valence-corrected chi connectivity index (χ2v) is 4.23. The third-order valence-electron chi connectivity index (χ3n) is 2.65. The molecule has 0 amide bonds. The van der Waals surface area contributed by atoms with E-state index < -0.39 is 0 Å². The summed E-state index contributed by atoms with van der Waals surface area (Å²) >= 11 is 0. The molecule has 0 saturated carbocycles. The van der Waals surface area contributed by atoms with Gasteiger partial charge in [-0.25, -0.2) is 0 Å². The summed E-state index contributed by atoms with van der Waals surface area (Å²) in [7, 11) is 0. The molecule has 2 aromatic carbocycles. The maximum Gasteiger partial charge on any atom is 0.0511 e. The van der Waals surface area contributed by atoms with Crippen LogP contribution in [0.1, 0.15) is 18.1 Å². The van der Waals surface area contributed by atoms with E-state index in [2.05, 4.69) is 48.3 Å². The minimum atomic E-state index is 0.317. The molecule has 1 atom stereocenters. The largest absolute Gasteiger partial charge is 0.289 e. The molecule has 86 valence electrons. The molecule has 17 heavy (non-hydrogen) atoms. The van der Waals surface area contributed by atoms with E-state index in [1.54, 1.807) is 0 Å². The van der Waals surface area contributed by atoms with Gasteiger partial charge in [-0.3, -0.25) is 4.99 Å². The Labute approximate surface area is 103 Å². The first kappa shape index (κ1) is 11.6. The Morgan fingerprint density at radius 2 is 1.53 bits per heavy atom. The summed E-state index contributed by atoms with van der Waals surface area (Å²) in [4.78, 5) is 4.56. The van der Waals surface area contributed by atoms with E-state index in [4.69, 9.17) is 0 Å². The molecular formula is C16H17N. The third kappa shape index (κ3) is 3.87. The highest BCUT2D eigenvalue weighted by molar-refractivity contribution is 5.79. The highest BCUT2D eigenvalue weighted by Crippen LogP contribution is 2.05. The molecule has 0 N–H and O–H groups in total. The zero-order chi connectivity index (χ0) is 11.9. The summed E-state index contributed by atoms with van der Waals surface area (Å²) in [6.07, 6.45) is 2.94. The lowest BCUT2D eigenvalue weighted by molar-refractivity contribution is 0.744. The van der Waals surface area contributed by atoms with Gasteiger partial charge in [-0.2, -0.15) is 0 Å². The van der Waals surface area contributed by atoms with Crippen molar-refractivity contribution in [3.8, 4) is 0 Å². The van der Waals surface area contributed by atoms with Crippen LogP contribution in [0.3, 0.4) is 0 Å². The fraction of sp³-hybridized carbons (Fsp3) is 0.188. The molecule has 2 aromatic rings. The van der Waals surface area contributed by atoms with Crippen LogP contribution in [0.5, 0.6) is 0 Å². The van der Waals surface area contributed by atoms with Gasteiger partial charge in [0.1, 0.15) is 0 Å². The second-order valence-electron chi connectivity index (χ2n) is 4.23. The van der Waals surface area contributed by atoms with E-state index in [-0.39, 0.29) is 0 Å². The number of nitrogens with zero attached hydrogens (tertiary/aromatic N) is 1. The number of hydrogen-bond acceptors (Lipinski definition) is 1. The van der Waals surface area contributed by atoms with Crippen molar-refractivity contribution in [1.29, 1.82) is 0 Å². The number of aliphatic imine (C=N–C) groups is 1. The summed E-state index contributed by atoms with van der Waals surface area (Å²) in [6, 6.07) is 21.0. The van der Waals surface area contributed by atoms with E-state index in [1.165, 1.54) is 5.56 Å². The van der Waals surface area contributed by atoms with Crippen molar-refractivity contribution in [2.24, 2.45) is 4.99 Å². The Bertz CT molecular complexity index is 459. The predicted molar refractivity (Wildman–Crippen MR) is 73.6 cm³/mol. The molecular weight excluding hydrogens is 206 g/mol. The van der Waals surface area contributed by atoms with Crippen LogP contribution in [0.15, 0.2) is 65.7 Å². The molecule has 0 radical (unpaired) electrons. The molecule has 1 heteroatoms. The summed E-state index contributed by atoms with van der Waals surface area (Å²) in [6.45, 7) is 2.15. The van der Waals surface area contributed by atoms with Crippen molar-refractivity contribution in [2.75, 3.05) is 0 Å². The van der Waals surface area contributed by atoms with Gasteiger partial charge in [-0.15, -0.1) is 0 Å². The smallest absolute Gasteiger partial charge is 0.0511 e. The lowest BCUT2D eigenvalue weighted by Crippen LogP contribution is -2.03. The van der Waals surface area contributed by atoms with Crippen LogP contribution in [-0.4, -0.2) is 12.3 Å². The van der Waals surface area contributed by atoms with Crippen LogP contribution in [0.4, 0.5) is 0 Å². The molecule has 0 fully saturated rings. The molecule has 0 aliphatic heterocycles. The van der Waals surface area contributed by atoms with Crippen molar-refractivity contribution in [1.82, 2.24) is 0 Å². The molecule has 2 rings (SSSR count). The fourth-order valence-electron chi connectivity index (χ4n) is 1.76. The Hall–Kier alpha value is -1.89. The Morgan fingerprint density at radius 1 is 0.941 bits per heavy atom. The molecule has 0 unspecified atom stereocenters. The standard InChI is InChI=1S/C16H17N/c1-14(12-15-8-4-2-5-9-15)17-13-16-10-6-3-7-11-16/h2-11,13-14H,12H2,1H3/t14-/m1/s1. The highest BCUT2D eigenvalue weighted by Gasteiger charge is 1.99. The van der Waals surface area contributed by atoms with Crippen molar-refractivity contribution >= 4 is 6.21 Å². The van der Waals surface area contributed by atoms with Gasteiger partial charge < -0.3 is 0 Å². The maximum atomic E-state index is 4.56. The van der Waals surface area contributed by atoms with Crippen molar-refractivity contribution in [2.45, 2.75) is 19.4 Å². The van der Waals surface area contributed by atoms with Gasteiger partial charge in [0.2, 0.25) is 0 Å². The molecule has 0 aliphatic rings. The van der Waals surface area contributed by atoms with Crippen molar-refractivity contribution in [3.05, 3.63) is 71.8 Å². The van der Waals surface area contributed by atoms with Crippen LogP contribution in [0.25, 0.3) is 0 Å². The van der Waals surface area contributed by atoms with E-state index in [0.717, 1.165) is 12.0 Å². The summed E-state index contributed by atoms with van der Waals surface area (Å²) in [5.74, 6) is 0. The summed E-state index contributed by atoms with van der Waals surface area (Å²) in [5, 5.41) is 0. The molecule has 0 saturated heterocycles. The average molecular weight is 223 g/mol. The van der Waals surface area contributed by atoms with E-state index in [1.807, 2.05) is 30.5 Å². The van der Waals surface area contributed by atoms with Crippen LogP contribution < -0.4 is 0 Å². The van der Waals surface area contributed by atoms with Gasteiger partial charge in [0.25, 0.3) is 0 Å². The van der Waals surface area contributed by atoms with Gasteiger partial charge in [-0.1, -0.05) is 60.7 Å². The number of hydrogen-bond donors (Lipinski definition) is 0. The number of rotatable bonds is 4. The van der Waals surface area contributed by atoms with Gasteiger partial charge in [0.15, 0.2) is 0 Å². The van der Waals surface area contributed by atoms with Crippen molar-refractivity contribution in [3.63, 3.8) is 0 Å². The average Bonchev–Trinajstić information content (AvgIpc) is 2.39. The zero-order valence-electron chi connectivity index (χ0n) is 10.1. The van der Waals surface area contributed by atoms with E-state index >= 15 is 0 Å². The monoisotopic (exact) mass is 223 g/mol. The first-order valence-electron chi connectivity index (χ1n) is 5.97. The normalized spacial score (nSPS) is 12.8. The van der Waals surface area contributed by atoms with Gasteiger partial charge in [-0.05, 0) is 24.5 Å². The lowest BCUT2D eigenvalue weighted by Gasteiger charge is -2.05. The lowest BCUT2D eigenvalue weighted by atomic mass is 10.1. The molecule has 1 nitrogen and oxygen atoms in total. The van der Waals surface area contributed by atoms with Crippen LogP contribution in [-0.2, 0) is 6.42 Å². The maximum absolute atomic E-state index is 4.56. The SMILES string of the molecule is C[C@H](Cc1ccccc1)N=Cc1ccccc1. The van der Waals surface area contributed by atoms with Gasteiger partial charge >= 0.3 is 0 Å². The minimum absolute atomic E-state index is 0.317. The second kappa shape index (κ2) is 6.00. The zero-order valence-corrected chi connectivity index (χ0v) is 10.1. The Morgan fingerprint density at radius 3 is 2.18 bits per heavy atom. The predicted octanol–water partition coefficient (Wildman–Crippen LogP) is 3.74. The van der Waals surface area contributed by atoms with Gasteiger partial charge in [0, 0.05) is 6.21 Å². The highest BCUT2D eigenvalue weighted by atomic mass is 14.7. The van der Waals surface area contributed by atoms with E-state index in [0.29, 0.717) is 6.04 Å². The molecule has 0 bridgehead atoms. The topological polar surface area (TPSA) is 12.4 Å². The molecule has 0 aromatic heterocycles. The van der Waals surface area contributed by atoms with Crippen LogP contribution >= 0.6 is 0 Å². The number of benzene rings is 2. The fourth-order valence-corrected chi connectivity index (χ4v) is 1.76. The molecule has 0 aliphatic carbocycles. The minimum Gasteiger partial charge on any atom is -0.289 e. The van der Waals surface area contributed by atoms with Gasteiger partial charge in [0.05, 0.1) is 6.04 Å². The van der Waals surface area contributed by atoms with Crippen LogP contribution in [0.2, 0.25) is 0 Å². The summed E-state index contributed by atoms with van der Waals surface area (Å²) in [5.41, 5.74) is 2.50. The first-order valence-corrected chi connectivity index (χ1v) is 5.97. The quantitative estimate of drug-likeness (QED) is 0.700. The third-order valence-corrected chi connectivity index (χ3v) is 2.65. The van der Waals surface area contributed by atoms with Crippen LogP contribution in [0, 0.1) is 0 Å². The Kier molecular flexibility index (Phi) is 4.09. The van der Waals surface area contributed by atoms with E-state index in [9.17, 15) is 0 Å². The Balaban J connectivity index is 1.94.